The summed E-state index contributed by atoms with van der Waals surface area (Å²) in [5.41, 5.74) is -3.34. The van der Waals surface area contributed by atoms with Crippen molar-refractivity contribution in [1.82, 2.24) is 12.3 Å². The average Bonchev–Trinajstić information content (AvgIpc) is 3.65. The Morgan fingerprint density at radius 2 is 0.739 bits per heavy atom. The second-order valence-electron chi connectivity index (χ2n) is 9.55. The van der Waals surface area contributed by atoms with Crippen LogP contribution < -0.4 is 81.6 Å². The predicted octanol–water partition coefficient (Wildman–Crippen LogP) is -10.9. The van der Waals surface area contributed by atoms with Crippen LogP contribution in [0, 0.1) is 0 Å². The maximum Gasteiger partial charge on any atom is 2.00 e. The van der Waals surface area contributed by atoms with Crippen molar-refractivity contribution in [3.05, 3.63) is 0 Å². The number of quaternary nitrogens is 2. The number of hydrogen-bond acceptors (Lipinski definition) is 13. The zero-order valence-electron chi connectivity index (χ0n) is 30.0. The Bertz CT molecular complexity index is 943. The number of carboxylic acids is 8. The third-order valence-corrected chi connectivity index (χ3v) is 6.67. The van der Waals surface area contributed by atoms with Crippen molar-refractivity contribution in [2.75, 3.05) is 45.9 Å². The van der Waals surface area contributed by atoms with Crippen LogP contribution in [0.5, 0.6) is 0 Å². The van der Waals surface area contributed by atoms with Gasteiger partial charge in [0.15, 0.2) is 37.3 Å². The van der Waals surface area contributed by atoms with E-state index in [1.165, 1.54) is 0 Å². The molecule has 24 heteroatoms. The maximum absolute atomic E-state index is 11.3. The van der Waals surface area contributed by atoms with Crippen molar-refractivity contribution >= 4 is 85.5 Å². The molecule has 0 amide bonds. The molecule has 0 spiro atoms. The first-order valence-corrected chi connectivity index (χ1v) is 11.8. The average molecular weight is 721 g/mol. The van der Waals surface area contributed by atoms with Gasteiger partial charge in [0.25, 0.3) is 0 Å². The Hall–Kier alpha value is -1.18. The van der Waals surface area contributed by atoms with Crippen molar-refractivity contribution in [3.63, 3.8) is 0 Å². The molecule has 0 heterocycles. The molecule has 2 fully saturated rings. The molecule has 0 unspecified atom stereocenters. The molecule has 2 rings (SSSR count). The molecule has 0 aromatic carbocycles. The van der Waals surface area contributed by atoms with E-state index in [1.807, 2.05) is 0 Å². The summed E-state index contributed by atoms with van der Waals surface area (Å²) in [7, 11) is 0. The smallest absolute Gasteiger partial charge is 1.00 e. The molecular formula is C22H42CaN4Na2O17. The molecule has 0 bridgehead atoms. The number of nitrogens with zero attached hydrogens (tertiary/aromatic N) is 2. The first-order chi connectivity index (χ1) is 18.7. The number of carboxylic acid groups (broad SMARTS) is 8. The summed E-state index contributed by atoms with van der Waals surface area (Å²) in [5, 5.41) is 82.8. The van der Waals surface area contributed by atoms with Crippen LogP contribution in [0.2, 0.25) is 0 Å². The summed E-state index contributed by atoms with van der Waals surface area (Å²) in [4.78, 5) is 87.5. The fraction of sp³-hybridized carbons (Fsp3) is 0.636. The minimum Gasteiger partial charge on any atom is -1.00 e. The van der Waals surface area contributed by atoms with Gasteiger partial charge in [-0.2, -0.15) is 0 Å². The molecule has 256 valence electrons. The van der Waals surface area contributed by atoms with Gasteiger partial charge in [0.1, 0.15) is 13.1 Å². The standard InChI is InChI=1S/2C10H13NO8.C2H6O.Ca.2H3N.2Na.4H/c2*12-6(13)3-11(4-7(14)15,5-8(16)17)10(1-2-10)9(18)19;1-2-3;;;;;;;;;/h2*1-5H2,(H3-,12,13,14,15,16,17,18,19);3H,2H2,1H3;;2*1H3;;;;;;/q;;;+2;;;2*+1;4*-1. The normalized spacial score (nSPS) is 14.1. The summed E-state index contributed by atoms with van der Waals surface area (Å²) >= 11 is 0. The zero-order chi connectivity index (χ0) is 32.4. The zero-order valence-corrected chi connectivity index (χ0v) is 32.2. The molecule has 0 radical (unpaired) electrons. The van der Waals surface area contributed by atoms with E-state index in [4.69, 9.17) is 30.6 Å². The van der Waals surface area contributed by atoms with Gasteiger partial charge in [0.05, 0.1) is 11.9 Å². The Labute approximate surface area is 342 Å². The van der Waals surface area contributed by atoms with Gasteiger partial charge < -0.3 is 73.6 Å². The summed E-state index contributed by atoms with van der Waals surface area (Å²) in [6.07, 6.45) is 0.151. The first kappa shape index (κ1) is 57.1. The van der Waals surface area contributed by atoms with Gasteiger partial charge in [0.2, 0.25) is 0 Å². The van der Waals surface area contributed by atoms with Crippen molar-refractivity contribution in [3.8, 4) is 0 Å². The molecule has 46 heavy (non-hydrogen) atoms. The molecule has 0 atom stereocenters. The van der Waals surface area contributed by atoms with E-state index < -0.39 is 107 Å². The third kappa shape index (κ3) is 15.8. The SMILES string of the molecule is CCO.N.N.O=C(O)C[N+](CC(=O)O)(CC(=O)O)C1(C(=O)O)CC1.O=C([O-])C[N+](CC(=O)[O-])(CC(=O)O)C1(C(=O)O)CC1.[Ca+2].[H-].[H-].[H-].[H-].[Na+].[Na+]. The summed E-state index contributed by atoms with van der Waals surface area (Å²) in [6, 6.07) is 0. The quantitative estimate of drug-likeness (QED) is 0.0528. The molecule has 0 aromatic heterocycles. The molecule has 2 saturated carbocycles. The number of carbonyl (C=O) groups excluding carboxylic acids is 2. The number of aliphatic hydroxyl groups is 1. The van der Waals surface area contributed by atoms with Gasteiger partial charge in [-0.25, -0.2) is 28.8 Å². The van der Waals surface area contributed by atoms with E-state index in [9.17, 15) is 53.7 Å². The number of hydrogen-bond donors (Lipinski definition) is 9. The van der Waals surface area contributed by atoms with Crippen molar-refractivity contribution < 1.29 is 158 Å². The topological polar surface area (TPSA) is 394 Å². The first-order valence-electron chi connectivity index (χ1n) is 11.8. The van der Waals surface area contributed by atoms with Crippen LogP contribution in [0.15, 0.2) is 0 Å². The molecule has 2 aliphatic rings. The van der Waals surface area contributed by atoms with Gasteiger partial charge in [-0.15, -0.1) is 0 Å². The van der Waals surface area contributed by atoms with E-state index in [0.29, 0.717) is 0 Å². The van der Waals surface area contributed by atoms with E-state index in [2.05, 4.69) is 0 Å². The van der Waals surface area contributed by atoms with Crippen molar-refractivity contribution in [2.24, 2.45) is 0 Å². The van der Waals surface area contributed by atoms with Crippen LogP contribution in [0.4, 0.5) is 0 Å². The predicted molar refractivity (Wildman–Crippen MR) is 142 cm³/mol. The van der Waals surface area contributed by atoms with Crippen LogP contribution in [-0.2, 0) is 38.4 Å². The summed E-state index contributed by atoms with van der Waals surface area (Å²) in [5.74, 6) is -12.0. The molecule has 0 saturated heterocycles. The Morgan fingerprint density at radius 3 is 0.848 bits per heavy atom. The molecule has 2 aliphatic carbocycles. The molecule has 21 nitrogen and oxygen atoms in total. The third-order valence-electron chi connectivity index (χ3n) is 6.67. The fourth-order valence-corrected chi connectivity index (χ4v) is 4.79. The minimum absolute atomic E-state index is 0. The van der Waals surface area contributed by atoms with Gasteiger partial charge in [0, 0.05) is 32.3 Å². The summed E-state index contributed by atoms with van der Waals surface area (Å²) in [6.45, 7) is -3.59. The van der Waals surface area contributed by atoms with Gasteiger partial charge >= 0.3 is 133 Å². The maximum atomic E-state index is 11.3. The van der Waals surface area contributed by atoms with Crippen LogP contribution in [0.25, 0.3) is 0 Å². The van der Waals surface area contributed by atoms with Gasteiger partial charge in [-0.3, -0.25) is 8.97 Å². The Kier molecular flexibility index (Phi) is 29.8. The van der Waals surface area contributed by atoms with Crippen molar-refractivity contribution in [2.45, 2.75) is 43.7 Å². The van der Waals surface area contributed by atoms with Gasteiger partial charge in [-0.1, -0.05) is 0 Å². The number of carbonyl (C=O) groups is 8. The Morgan fingerprint density at radius 1 is 0.565 bits per heavy atom. The van der Waals surface area contributed by atoms with Crippen LogP contribution in [0.1, 0.15) is 38.3 Å². The molecule has 13 N–H and O–H groups in total. The summed E-state index contributed by atoms with van der Waals surface area (Å²) < 4.78 is -2.15. The minimum atomic E-state index is -1.71. The second kappa shape index (κ2) is 24.0. The van der Waals surface area contributed by atoms with E-state index >= 15 is 0 Å². The van der Waals surface area contributed by atoms with Crippen LogP contribution in [0.3, 0.4) is 0 Å². The largest absolute Gasteiger partial charge is 2.00 e. The second-order valence-corrected chi connectivity index (χ2v) is 9.55. The molecule has 0 aliphatic heterocycles. The van der Waals surface area contributed by atoms with Gasteiger partial charge in [-0.05, 0) is 6.92 Å². The molecular weight excluding hydrogens is 678 g/mol. The number of aliphatic carboxylic acids is 8. The monoisotopic (exact) mass is 720 g/mol. The number of aliphatic hydroxyl groups excluding tert-OH is 1. The van der Waals surface area contributed by atoms with E-state index in [1.54, 1.807) is 6.92 Å². The van der Waals surface area contributed by atoms with E-state index in [-0.39, 0.29) is 147 Å². The van der Waals surface area contributed by atoms with E-state index in [0.717, 1.165) is 0 Å². The van der Waals surface area contributed by atoms with Crippen LogP contribution in [-0.4, -0.2) is 187 Å². The number of rotatable bonds is 16. The van der Waals surface area contributed by atoms with Crippen LogP contribution >= 0.6 is 0 Å². The Balaban J connectivity index is -0.0000000634. The van der Waals surface area contributed by atoms with Crippen molar-refractivity contribution in [1.29, 1.82) is 0 Å². The fourth-order valence-electron chi connectivity index (χ4n) is 4.79. The molecule has 0 aromatic rings.